The molecule has 8 heteroatoms. The molecule has 1 heterocycles. The fourth-order valence-corrected chi connectivity index (χ4v) is 2.03. The highest BCUT2D eigenvalue weighted by molar-refractivity contribution is 6.35. The molecule has 0 amide bonds. The molecule has 2 aromatic rings. The second kappa shape index (κ2) is 5.23. The maximum absolute atomic E-state index is 5.85. The summed E-state index contributed by atoms with van der Waals surface area (Å²) in [5.74, 6) is 0.216. The van der Waals surface area contributed by atoms with Gasteiger partial charge in [0.2, 0.25) is 16.5 Å². The molecule has 17 heavy (non-hydrogen) atoms. The first-order valence-corrected chi connectivity index (χ1v) is 5.84. The van der Waals surface area contributed by atoms with Gasteiger partial charge < -0.3 is 5.32 Å². The number of anilines is 2. The van der Waals surface area contributed by atoms with Crippen molar-refractivity contribution in [2.45, 2.75) is 0 Å². The molecule has 0 saturated heterocycles. The summed E-state index contributed by atoms with van der Waals surface area (Å²) in [6.45, 7) is 0. The Bertz CT molecular complexity index is 471. The molecule has 0 bridgehead atoms. The Morgan fingerprint density at radius 3 is 1.82 bits per heavy atom. The van der Waals surface area contributed by atoms with Crippen LogP contribution < -0.4 is 5.32 Å². The molecule has 0 aliphatic carbocycles. The van der Waals surface area contributed by atoms with E-state index in [0.29, 0.717) is 15.7 Å². The van der Waals surface area contributed by atoms with Crippen LogP contribution in [0.2, 0.25) is 20.6 Å². The molecule has 0 aliphatic rings. The molecule has 0 unspecified atom stereocenters. The van der Waals surface area contributed by atoms with Crippen molar-refractivity contribution in [3.05, 3.63) is 38.8 Å². The molecule has 1 aromatic carbocycles. The number of benzene rings is 1. The minimum Gasteiger partial charge on any atom is -0.324 e. The van der Waals surface area contributed by atoms with Gasteiger partial charge in [-0.3, -0.25) is 0 Å². The maximum atomic E-state index is 5.85. The highest BCUT2D eigenvalue weighted by Crippen LogP contribution is 2.24. The van der Waals surface area contributed by atoms with E-state index in [0.717, 1.165) is 0 Å². The molecule has 0 saturated carbocycles. The number of nitrogens with one attached hydrogen (secondary N) is 1. The Hall–Kier alpha value is -0.810. The Morgan fingerprint density at radius 2 is 1.29 bits per heavy atom. The summed E-state index contributed by atoms with van der Waals surface area (Å²) >= 11 is 23.0. The Balaban J connectivity index is 2.31. The molecule has 2 rings (SSSR count). The van der Waals surface area contributed by atoms with Crippen LogP contribution in [0.15, 0.2) is 18.2 Å². The second-order valence-electron chi connectivity index (χ2n) is 2.98. The van der Waals surface area contributed by atoms with Crippen LogP contribution in [0.1, 0.15) is 0 Å². The molecule has 0 radical (unpaired) electrons. The van der Waals surface area contributed by atoms with E-state index in [4.69, 9.17) is 46.4 Å². The van der Waals surface area contributed by atoms with Gasteiger partial charge in [-0.25, -0.2) is 0 Å². The van der Waals surface area contributed by atoms with Gasteiger partial charge in [0.05, 0.1) is 0 Å². The zero-order valence-corrected chi connectivity index (χ0v) is 11.1. The first kappa shape index (κ1) is 12.6. The summed E-state index contributed by atoms with van der Waals surface area (Å²) in [4.78, 5) is 11.3. The van der Waals surface area contributed by atoms with Crippen LogP contribution in [0.3, 0.4) is 0 Å². The fourth-order valence-electron chi connectivity index (χ4n) is 1.14. The van der Waals surface area contributed by atoms with E-state index in [9.17, 15) is 0 Å². The summed E-state index contributed by atoms with van der Waals surface area (Å²) in [7, 11) is 0. The van der Waals surface area contributed by atoms with Gasteiger partial charge in [-0.15, -0.1) is 0 Å². The highest BCUT2D eigenvalue weighted by Gasteiger charge is 2.04. The lowest BCUT2D eigenvalue weighted by molar-refractivity contribution is 1.05. The SMILES string of the molecule is Clc1cc(Cl)cc(Nc2nc(Cl)nc(Cl)n2)c1. The van der Waals surface area contributed by atoms with Crippen molar-refractivity contribution in [1.29, 1.82) is 0 Å². The smallest absolute Gasteiger partial charge is 0.232 e. The lowest BCUT2D eigenvalue weighted by atomic mass is 10.3. The summed E-state index contributed by atoms with van der Waals surface area (Å²) in [6, 6.07) is 4.94. The fraction of sp³-hybridized carbons (Fsp3) is 0. The third kappa shape index (κ3) is 3.57. The van der Waals surface area contributed by atoms with Crippen molar-refractivity contribution in [3.63, 3.8) is 0 Å². The average Bonchev–Trinajstić information content (AvgIpc) is 2.13. The molecule has 0 fully saturated rings. The van der Waals surface area contributed by atoms with E-state index in [1.54, 1.807) is 18.2 Å². The van der Waals surface area contributed by atoms with Crippen LogP contribution in [-0.4, -0.2) is 15.0 Å². The highest BCUT2D eigenvalue weighted by atomic mass is 35.5. The molecule has 4 nitrogen and oxygen atoms in total. The van der Waals surface area contributed by atoms with Crippen molar-refractivity contribution in [2.75, 3.05) is 5.32 Å². The molecule has 1 N–H and O–H groups in total. The Kier molecular flexibility index (Phi) is 3.89. The quantitative estimate of drug-likeness (QED) is 0.902. The second-order valence-corrected chi connectivity index (χ2v) is 4.53. The van der Waals surface area contributed by atoms with Crippen molar-refractivity contribution in [2.24, 2.45) is 0 Å². The minimum atomic E-state index is 0.000579. The third-order valence-electron chi connectivity index (χ3n) is 1.70. The molecule has 88 valence electrons. The maximum Gasteiger partial charge on any atom is 0.232 e. The van der Waals surface area contributed by atoms with Gasteiger partial charge in [0.1, 0.15) is 0 Å². The normalized spacial score (nSPS) is 10.4. The van der Waals surface area contributed by atoms with Gasteiger partial charge in [-0.2, -0.15) is 15.0 Å². The van der Waals surface area contributed by atoms with Crippen molar-refractivity contribution in [3.8, 4) is 0 Å². The first-order valence-electron chi connectivity index (χ1n) is 4.33. The van der Waals surface area contributed by atoms with E-state index in [1.165, 1.54) is 0 Å². The van der Waals surface area contributed by atoms with Gasteiger partial charge in [0, 0.05) is 15.7 Å². The van der Waals surface area contributed by atoms with E-state index in [2.05, 4.69) is 20.3 Å². The standard InChI is InChI=1S/C9H4Cl4N4/c10-4-1-5(11)3-6(2-4)14-9-16-7(12)15-8(13)17-9/h1-3H,(H,14,15,16,17). The number of hydrogen-bond donors (Lipinski definition) is 1. The van der Waals surface area contributed by atoms with Gasteiger partial charge in [0.15, 0.2) is 0 Å². The number of hydrogen-bond acceptors (Lipinski definition) is 4. The number of aromatic nitrogens is 3. The summed E-state index contributed by atoms with van der Waals surface area (Å²) in [6.07, 6.45) is 0. The van der Waals surface area contributed by atoms with E-state index in [1.807, 2.05) is 0 Å². The van der Waals surface area contributed by atoms with Crippen molar-refractivity contribution < 1.29 is 0 Å². The van der Waals surface area contributed by atoms with E-state index in [-0.39, 0.29) is 16.5 Å². The van der Waals surface area contributed by atoms with Crippen LogP contribution in [0.5, 0.6) is 0 Å². The molecule has 0 aliphatic heterocycles. The first-order chi connectivity index (χ1) is 8.02. The Morgan fingerprint density at radius 1 is 0.765 bits per heavy atom. The summed E-state index contributed by atoms with van der Waals surface area (Å²) in [5.41, 5.74) is 0.626. The van der Waals surface area contributed by atoms with E-state index < -0.39 is 0 Å². The van der Waals surface area contributed by atoms with Gasteiger partial charge in [-0.1, -0.05) is 23.2 Å². The van der Waals surface area contributed by atoms with Crippen LogP contribution in [0, 0.1) is 0 Å². The average molecular weight is 310 g/mol. The van der Waals surface area contributed by atoms with E-state index >= 15 is 0 Å². The Labute approximate surface area is 117 Å². The number of rotatable bonds is 2. The molecular weight excluding hydrogens is 306 g/mol. The van der Waals surface area contributed by atoms with Gasteiger partial charge >= 0.3 is 0 Å². The summed E-state index contributed by atoms with van der Waals surface area (Å²) in [5, 5.41) is 3.85. The topological polar surface area (TPSA) is 50.7 Å². The molecular formula is C9H4Cl4N4. The van der Waals surface area contributed by atoms with Gasteiger partial charge in [0.25, 0.3) is 0 Å². The molecule has 0 atom stereocenters. The lowest BCUT2D eigenvalue weighted by Crippen LogP contribution is -1.99. The summed E-state index contributed by atoms with van der Waals surface area (Å²) < 4.78 is 0. The zero-order chi connectivity index (χ0) is 12.4. The monoisotopic (exact) mass is 308 g/mol. The molecule has 1 aromatic heterocycles. The third-order valence-corrected chi connectivity index (χ3v) is 2.47. The molecule has 0 spiro atoms. The largest absolute Gasteiger partial charge is 0.324 e. The van der Waals surface area contributed by atoms with Crippen molar-refractivity contribution >= 4 is 58.0 Å². The number of nitrogens with zero attached hydrogens (tertiary/aromatic N) is 3. The van der Waals surface area contributed by atoms with Crippen LogP contribution in [-0.2, 0) is 0 Å². The lowest BCUT2D eigenvalue weighted by Gasteiger charge is -2.05. The van der Waals surface area contributed by atoms with Crippen LogP contribution in [0.25, 0.3) is 0 Å². The zero-order valence-electron chi connectivity index (χ0n) is 8.09. The predicted molar refractivity (Wildman–Crippen MR) is 69.6 cm³/mol. The predicted octanol–water partition coefficient (Wildman–Crippen LogP) is 4.23. The van der Waals surface area contributed by atoms with Crippen LogP contribution in [0.4, 0.5) is 11.6 Å². The minimum absolute atomic E-state index is 0.000579. The van der Waals surface area contributed by atoms with Gasteiger partial charge in [-0.05, 0) is 41.4 Å². The van der Waals surface area contributed by atoms with Crippen molar-refractivity contribution in [1.82, 2.24) is 15.0 Å². The van der Waals surface area contributed by atoms with Crippen LogP contribution >= 0.6 is 46.4 Å². The number of halogens is 4.